The third-order valence-electron chi connectivity index (χ3n) is 4.32. The summed E-state index contributed by atoms with van der Waals surface area (Å²) in [6.07, 6.45) is 2.42. The lowest BCUT2D eigenvalue weighted by Crippen LogP contribution is -2.42. The maximum atomic E-state index is 3.58. The zero-order valence-corrected chi connectivity index (χ0v) is 16.0. The molecule has 0 atom stereocenters. The van der Waals surface area contributed by atoms with Crippen LogP contribution < -0.4 is 5.32 Å². The van der Waals surface area contributed by atoms with Crippen LogP contribution in [0.25, 0.3) is 0 Å². The molecule has 0 aromatic heterocycles. The van der Waals surface area contributed by atoms with Crippen molar-refractivity contribution in [1.82, 2.24) is 10.2 Å². The number of rotatable bonds is 4. The Bertz CT molecular complexity index is 642. The molecule has 1 heterocycles. The zero-order chi connectivity index (χ0) is 15.7. The second kappa shape index (κ2) is 12.0. The quantitative estimate of drug-likeness (QED) is 0.806. The number of piperidine rings is 1. The molecule has 0 amide bonds. The van der Waals surface area contributed by atoms with Gasteiger partial charge in [0.25, 0.3) is 0 Å². The molecule has 0 radical (unpaired) electrons. The summed E-state index contributed by atoms with van der Waals surface area (Å²) in [4.78, 5) is 2.54. The highest BCUT2D eigenvalue weighted by Gasteiger charge is 2.18. The van der Waals surface area contributed by atoms with Gasteiger partial charge < -0.3 is 5.32 Å². The summed E-state index contributed by atoms with van der Waals surface area (Å²) >= 11 is 0. The van der Waals surface area contributed by atoms with Crippen LogP contribution in [0.2, 0.25) is 0 Å². The van der Waals surface area contributed by atoms with E-state index < -0.39 is 0 Å². The Morgan fingerprint density at radius 3 is 2.12 bits per heavy atom. The van der Waals surface area contributed by atoms with Gasteiger partial charge in [-0.25, -0.2) is 0 Å². The summed E-state index contributed by atoms with van der Waals surface area (Å²) in [5.41, 5.74) is 2.50. The number of hydrogen-bond acceptors (Lipinski definition) is 2. The fraction of sp³-hybridized carbons (Fsp3) is 0.333. The standard InChI is InChI=1S/C21H24N2.2ClH/c1-3-8-19(9-4-1)12-7-15-22-21-13-16-23(17-14-21)18-20-10-5-2-6-11-20;;/h1-6,8-11,21-22H,13-18H2;2*1H. The first-order chi connectivity index (χ1) is 11.4. The summed E-state index contributed by atoms with van der Waals surface area (Å²) in [6, 6.07) is 21.5. The molecule has 4 heteroatoms. The first kappa shape index (κ1) is 21.5. The summed E-state index contributed by atoms with van der Waals surface area (Å²) in [5.74, 6) is 6.43. The van der Waals surface area contributed by atoms with E-state index in [1.807, 2.05) is 18.2 Å². The summed E-state index contributed by atoms with van der Waals surface area (Å²) < 4.78 is 0. The Hall–Kier alpha value is -1.50. The van der Waals surface area contributed by atoms with E-state index in [-0.39, 0.29) is 24.8 Å². The van der Waals surface area contributed by atoms with Gasteiger partial charge in [0, 0.05) is 18.2 Å². The van der Waals surface area contributed by atoms with Crippen LogP contribution in [0, 0.1) is 11.8 Å². The van der Waals surface area contributed by atoms with E-state index in [9.17, 15) is 0 Å². The number of nitrogens with one attached hydrogen (secondary N) is 1. The van der Waals surface area contributed by atoms with Crippen molar-refractivity contribution in [2.45, 2.75) is 25.4 Å². The minimum atomic E-state index is 0. The lowest BCUT2D eigenvalue weighted by molar-refractivity contribution is 0.193. The molecule has 1 aliphatic rings. The number of halogens is 2. The molecule has 1 fully saturated rings. The Morgan fingerprint density at radius 1 is 0.880 bits per heavy atom. The minimum Gasteiger partial charge on any atom is -0.303 e. The maximum Gasteiger partial charge on any atom is 0.0582 e. The summed E-state index contributed by atoms with van der Waals surface area (Å²) in [7, 11) is 0. The van der Waals surface area contributed by atoms with Crippen molar-refractivity contribution in [2.24, 2.45) is 0 Å². The molecule has 1 aliphatic heterocycles. The lowest BCUT2D eigenvalue weighted by Gasteiger charge is -2.32. The SMILES string of the molecule is C(#Cc1ccccc1)CNC1CCN(Cc2ccccc2)CC1.Cl.Cl. The van der Waals surface area contributed by atoms with Gasteiger partial charge >= 0.3 is 0 Å². The van der Waals surface area contributed by atoms with Crippen LogP contribution in [0.5, 0.6) is 0 Å². The van der Waals surface area contributed by atoms with Crippen LogP contribution in [-0.4, -0.2) is 30.6 Å². The van der Waals surface area contributed by atoms with Gasteiger partial charge in [-0.05, 0) is 43.6 Å². The van der Waals surface area contributed by atoms with E-state index >= 15 is 0 Å². The third kappa shape index (κ3) is 7.50. The molecule has 2 aromatic carbocycles. The Morgan fingerprint density at radius 2 is 1.48 bits per heavy atom. The lowest BCUT2D eigenvalue weighted by atomic mass is 10.0. The molecule has 0 saturated carbocycles. The van der Waals surface area contributed by atoms with Crippen molar-refractivity contribution in [2.75, 3.05) is 19.6 Å². The van der Waals surface area contributed by atoms with Crippen molar-refractivity contribution >= 4 is 24.8 Å². The largest absolute Gasteiger partial charge is 0.303 e. The van der Waals surface area contributed by atoms with Crippen molar-refractivity contribution in [3.63, 3.8) is 0 Å². The highest BCUT2D eigenvalue weighted by atomic mass is 35.5. The Balaban J connectivity index is 0.00000156. The van der Waals surface area contributed by atoms with Crippen LogP contribution in [-0.2, 0) is 6.54 Å². The van der Waals surface area contributed by atoms with Crippen molar-refractivity contribution < 1.29 is 0 Å². The molecule has 3 rings (SSSR count). The average molecular weight is 377 g/mol. The van der Waals surface area contributed by atoms with E-state index in [0.717, 1.165) is 18.7 Å². The van der Waals surface area contributed by atoms with Crippen LogP contribution >= 0.6 is 24.8 Å². The highest BCUT2D eigenvalue weighted by molar-refractivity contribution is 5.85. The summed E-state index contributed by atoms with van der Waals surface area (Å²) in [5, 5.41) is 3.58. The fourth-order valence-electron chi connectivity index (χ4n) is 3.00. The second-order valence-corrected chi connectivity index (χ2v) is 6.08. The van der Waals surface area contributed by atoms with Gasteiger partial charge in [-0.2, -0.15) is 0 Å². The van der Waals surface area contributed by atoms with E-state index in [1.165, 1.54) is 31.5 Å². The van der Waals surface area contributed by atoms with Crippen LogP contribution in [0.3, 0.4) is 0 Å². The first-order valence-corrected chi connectivity index (χ1v) is 8.44. The monoisotopic (exact) mass is 376 g/mol. The molecule has 0 unspecified atom stereocenters. The Labute approximate surface area is 163 Å². The second-order valence-electron chi connectivity index (χ2n) is 6.08. The Kier molecular flexibility index (Phi) is 10.3. The number of nitrogens with zero attached hydrogens (tertiary/aromatic N) is 1. The molecule has 0 spiro atoms. The predicted molar refractivity (Wildman–Crippen MR) is 111 cm³/mol. The molecule has 0 aliphatic carbocycles. The molecular weight excluding hydrogens is 351 g/mol. The van der Waals surface area contributed by atoms with Crippen molar-refractivity contribution in [3.8, 4) is 11.8 Å². The molecule has 1 N–H and O–H groups in total. The highest BCUT2D eigenvalue weighted by Crippen LogP contribution is 2.13. The number of likely N-dealkylation sites (tertiary alicyclic amines) is 1. The molecular formula is C21H26Cl2N2. The molecule has 0 bridgehead atoms. The molecule has 25 heavy (non-hydrogen) atoms. The number of benzene rings is 2. The molecule has 134 valence electrons. The van der Waals surface area contributed by atoms with E-state index in [0.29, 0.717) is 6.04 Å². The van der Waals surface area contributed by atoms with Gasteiger partial charge in [0.15, 0.2) is 0 Å². The van der Waals surface area contributed by atoms with Crippen LogP contribution in [0.15, 0.2) is 60.7 Å². The smallest absolute Gasteiger partial charge is 0.0582 e. The van der Waals surface area contributed by atoms with Gasteiger partial charge in [0.2, 0.25) is 0 Å². The normalized spacial score (nSPS) is 14.6. The number of hydrogen-bond donors (Lipinski definition) is 1. The average Bonchev–Trinajstić information content (AvgIpc) is 2.62. The first-order valence-electron chi connectivity index (χ1n) is 8.44. The molecule has 2 aromatic rings. The minimum absolute atomic E-state index is 0. The topological polar surface area (TPSA) is 15.3 Å². The van der Waals surface area contributed by atoms with Crippen molar-refractivity contribution in [1.29, 1.82) is 0 Å². The van der Waals surface area contributed by atoms with Gasteiger partial charge in [0.1, 0.15) is 0 Å². The van der Waals surface area contributed by atoms with E-state index in [1.54, 1.807) is 0 Å². The fourth-order valence-corrected chi connectivity index (χ4v) is 3.00. The van der Waals surface area contributed by atoms with Gasteiger partial charge in [0.05, 0.1) is 6.54 Å². The van der Waals surface area contributed by atoms with Gasteiger partial charge in [-0.1, -0.05) is 60.4 Å². The third-order valence-corrected chi connectivity index (χ3v) is 4.32. The van der Waals surface area contributed by atoms with Crippen LogP contribution in [0.1, 0.15) is 24.0 Å². The predicted octanol–water partition coefficient (Wildman–Crippen LogP) is 4.14. The molecule has 1 saturated heterocycles. The van der Waals surface area contributed by atoms with Gasteiger partial charge in [-0.15, -0.1) is 24.8 Å². The van der Waals surface area contributed by atoms with Crippen LogP contribution in [0.4, 0.5) is 0 Å². The molecule has 2 nitrogen and oxygen atoms in total. The van der Waals surface area contributed by atoms with E-state index in [2.05, 4.69) is 64.5 Å². The maximum absolute atomic E-state index is 3.58. The zero-order valence-electron chi connectivity index (χ0n) is 14.4. The van der Waals surface area contributed by atoms with Crippen molar-refractivity contribution in [3.05, 3.63) is 71.8 Å². The summed E-state index contributed by atoms with van der Waals surface area (Å²) in [6.45, 7) is 4.18. The van der Waals surface area contributed by atoms with Gasteiger partial charge in [-0.3, -0.25) is 4.90 Å². The van der Waals surface area contributed by atoms with E-state index in [4.69, 9.17) is 0 Å².